The van der Waals surface area contributed by atoms with Crippen LogP contribution < -0.4 is 10.6 Å². The highest BCUT2D eigenvalue weighted by molar-refractivity contribution is 7.80. The van der Waals surface area contributed by atoms with Crippen molar-refractivity contribution in [3.8, 4) is 0 Å². The molecule has 0 aliphatic carbocycles. The number of rotatable bonds is 4. The van der Waals surface area contributed by atoms with Crippen molar-refractivity contribution in [1.29, 1.82) is 0 Å². The van der Waals surface area contributed by atoms with Crippen LogP contribution in [0.15, 0.2) is 48.7 Å². The fourth-order valence-electron chi connectivity index (χ4n) is 2.57. The summed E-state index contributed by atoms with van der Waals surface area (Å²) in [6.07, 6.45) is 1.88. The molecule has 3 rings (SSSR count). The minimum Gasteiger partial charge on any atom is -0.332 e. The third-order valence-electron chi connectivity index (χ3n) is 3.84. The zero-order valence-electron chi connectivity index (χ0n) is 14.4. The van der Waals surface area contributed by atoms with E-state index in [1.54, 1.807) is 6.07 Å². The van der Waals surface area contributed by atoms with E-state index in [0.29, 0.717) is 27.5 Å². The van der Waals surface area contributed by atoms with Crippen LogP contribution in [0.4, 0.5) is 11.5 Å². The van der Waals surface area contributed by atoms with Crippen LogP contribution in [-0.4, -0.2) is 14.9 Å². The minimum atomic E-state index is 0.497. The zero-order valence-corrected chi connectivity index (χ0v) is 16.7. The van der Waals surface area contributed by atoms with E-state index in [0.717, 1.165) is 16.8 Å². The van der Waals surface area contributed by atoms with Crippen molar-refractivity contribution in [3.05, 3.63) is 75.4 Å². The normalized spacial score (nSPS) is 10.6. The summed E-state index contributed by atoms with van der Waals surface area (Å²) in [5.41, 5.74) is 4.35. The standard InChI is InChI=1S/C19H18Cl2N4S/c1-12-3-6-17(13(2)9-12)22-19(26)23-18-7-8-25(24-18)11-14-4-5-15(20)16(21)10-14/h3-10H,11H2,1-2H3,(H2,22,23,24,26). The van der Waals surface area contributed by atoms with E-state index in [1.165, 1.54) is 5.56 Å². The van der Waals surface area contributed by atoms with E-state index in [2.05, 4.69) is 28.7 Å². The molecule has 0 radical (unpaired) electrons. The molecule has 1 heterocycles. The molecule has 0 atom stereocenters. The van der Waals surface area contributed by atoms with Crippen molar-refractivity contribution in [2.45, 2.75) is 20.4 Å². The monoisotopic (exact) mass is 404 g/mol. The molecule has 0 spiro atoms. The summed E-state index contributed by atoms with van der Waals surface area (Å²) in [4.78, 5) is 0. The first-order valence-electron chi connectivity index (χ1n) is 8.03. The Labute approximate surface area is 168 Å². The lowest BCUT2D eigenvalue weighted by Gasteiger charge is -2.11. The first kappa shape index (κ1) is 18.7. The van der Waals surface area contributed by atoms with E-state index in [9.17, 15) is 0 Å². The second-order valence-electron chi connectivity index (χ2n) is 6.04. The van der Waals surface area contributed by atoms with E-state index in [4.69, 9.17) is 35.4 Å². The van der Waals surface area contributed by atoms with Gasteiger partial charge in [0.15, 0.2) is 10.9 Å². The average molecular weight is 405 g/mol. The molecule has 2 aromatic carbocycles. The zero-order chi connectivity index (χ0) is 18.7. The van der Waals surface area contributed by atoms with Gasteiger partial charge in [-0.05, 0) is 55.4 Å². The van der Waals surface area contributed by atoms with Crippen LogP contribution in [0.1, 0.15) is 16.7 Å². The van der Waals surface area contributed by atoms with Crippen LogP contribution in [0.25, 0.3) is 0 Å². The number of benzene rings is 2. The van der Waals surface area contributed by atoms with E-state index < -0.39 is 0 Å². The van der Waals surface area contributed by atoms with Crippen LogP contribution in [0.3, 0.4) is 0 Å². The Balaban J connectivity index is 1.62. The highest BCUT2D eigenvalue weighted by atomic mass is 35.5. The molecule has 3 aromatic rings. The number of aryl methyl sites for hydroxylation is 2. The van der Waals surface area contributed by atoms with E-state index >= 15 is 0 Å². The third kappa shape index (κ3) is 4.75. The largest absolute Gasteiger partial charge is 0.332 e. The van der Waals surface area contributed by atoms with Crippen LogP contribution in [0.2, 0.25) is 10.0 Å². The molecule has 0 amide bonds. The molecule has 4 nitrogen and oxygen atoms in total. The number of hydrogen-bond donors (Lipinski definition) is 2. The summed E-state index contributed by atoms with van der Waals surface area (Å²) in [5, 5.41) is 12.4. The molecule has 0 saturated heterocycles. The Morgan fingerprint density at radius 1 is 1.04 bits per heavy atom. The number of halogens is 2. The van der Waals surface area contributed by atoms with Crippen LogP contribution in [0, 0.1) is 13.8 Å². The maximum atomic E-state index is 6.05. The molecule has 0 bridgehead atoms. The average Bonchev–Trinajstić information content (AvgIpc) is 3.00. The summed E-state index contributed by atoms with van der Waals surface area (Å²) >= 11 is 17.4. The van der Waals surface area contributed by atoms with Crippen LogP contribution in [0.5, 0.6) is 0 Å². The predicted octanol–water partition coefficient (Wildman–Crippen LogP) is 5.66. The van der Waals surface area contributed by atoms with Gasteiger partial charge in [0.2, 0.25) is 0 Å². The molecule has 0 fully saturated rings. The number of thiocarbonyl (C=S) groups is 1. The summed E-state index contributed by atoms with van der Waals surface area (Å²) in [6.45, 7) is 4.70. The van der Waals surface area contributed by atoms with Crippen molar-refractivity contribution in [2.24, 2.45) is 0 Å². The van der Waals surface area contributed by atoms with Crippen molar-refractivity contribution in [3.63, 3.8) is 0 Å². The molecule has 7 heteroatoms. The van der Waals surface area contributed by atoms with Gasteiger partial charge in [-0.1, -0.05) is 47.0 Å². The number of aromatic nitrogens is 2. The smallest absolute Gasteiger partial charge is 0.176 e. The molecular weight excluding hydrogens is 387 g/mol. The highest BCUT2D eigenvalue weighted by Crippen LogP contribution is 2.23. The van der Waals surface area contributed by atoms with E-state index in [-0.39, 0.29) is 0 Å². The molecular formula is C19H18Cl2N4S. The molecule has 1 aromatic heterocycles. The Bertz CT molecular complexity index is 952. The molecule has 134 valence electrons. The molecule has 0 unspecified atom stereocenters. The molecule has 0 saturated carbocycles. The van der Waals surface area contributed by atoms with Gasteiger partial charge in [-0.15, -0.1) is 0 Å². The first-order chi connectivity index (χ1) is 12.4. The van der Waals surface area contributed by atoms with Gasteiger partial charge < -0.3 is 10.6 Å². The molecule has 2 N–H and O–H groups in total. The number of anilines is 2. The second kappa shape index (κ2) is 8.08. The van der Waals surface area contributed by atoms with Crippen LogP contribution >= 0.6 is 35.4 Å². The summed E-state index contributed by atoms with van der Waals surface area (Å²) in [6, 6.07) is 13.6. The summed E-state index contributed by atoms with van der Waals surface area (Å²) in [5.74, 6) is 0.673. The van der Waals surface area contributed by atoms with Crippen molar-refractivity contribution in [1.82, 2.24) is 9.78 Å². The molecule has 0 aliphatic rings. The second-order valence-corrected chi connectivity index (χ2v) is 7.27. The van der Waals surface area contributed by atoms with Gasteiger partial charge >= 0.3 is 0 Å². The lowest BCUT2D eigenvalue weighted by Crippen LogP contribution is -2.20. The first-order valence-corrected chi connectivity index (χ1v) is 9.20. The minimum absolute atomic E-state index is 0.497. The lowest BCUT2D eigenvalue weighted by atomic mass is 10.1. The van der Waals surface area contributed by atoms with Gasteiger partial charge in [-0.25, -0.2) is 0 Å². The number of nitrogens with zero attached hydrogens (tertiary/aromatic N) is 2. The van der Waals surface area contributed by atoms with Gasteiger partial charge in [-0.2, -0.15) is 5.10 Å². The highest BCUT2D eigenvalue weighted by Gasteiger charge is 2.06. The third-order valence-corrected chi connectivity index (χ3v) is 4.78. The van der Waals surface area contributed by atoms with E-state index in [1.807, 2.05) is 48.1 Å². The fourth-order valence-corrected chi connectivity index (χ4v) is 3.10. The summed E-state index contributed by atoms with van der Waals surface area (Å²) in [7, 11) is 0. The van der Waals surface area contributed by atoms with Crippen molar-refractivity contribution >= 4 is 52.0 Å². The Morgan fingerprint density at radius 2 is 1.85 bits per heavy atom. The predicted molar refractivity (Wildman–Crippen MR) is 114 cm³/mol. The van der Waals surface area contributed by atoms with Gasteiger partial charge in [0.05, 0.1) is 16.6 Å². The Kier molecular flexibility index (Phi) is 5.81. The van der Waals surface area contributed by atoms with Gasteiger partial charge in [0.25, 0.3) is 0 Å². The maximum Gasteiger partial charge on any atom is 0.176 e. The quantitative estimate of drug-likeness (QED) is 0.550. The molecule has 26 heavy (non-hydrogen) atoms. The van der Waals surface area contributed by atoms with Gasteiger partial charge in [0.1, 0.15) is 0 Å². The van der Waals surface area contributed by atoms with Crippen molar-refractivity contribution in [2.75, 3.05) is 10.6 Å². The van der Waals surface area contributed by atoms with Gasteiger partial charge in [0, 0.05) is 18.0 Å². The van der Waals surface area contributed by atoms with Crippen molar-refractivity contribution < 1.29 is 0 Å². The Morgan fingerprint density at radius 3 is 2.58 bits per heavy atom. The lowest BCUT2D eigenvalue weighted by molar-refractivity contribution is 0.690. The fraction of sp³-hybridized carbons (Fsp3) is 0.158. The Hall–Kier alpha value is -2.08. The maximum absolute atomic E-state index is 6.05. The number of nitrogens with one attached hydrogen (secondary N) is 2. The summed E-state index contributed by atoms with van der Waals surface area (Å²) < 4.78 is 1.81. The topological polar surface area (TPSA) is 41.9 Å². The number of hydrogen-bond acceptors (Lipinski definition) is 2. The van der Waals surface area contributed by atoms with Gasteiger partial charge in [-0.3, -0.25) is 4.68 Å². The molecule has 0 aliphatic heterocycles. The van der Waals surface area contributed by atoms with Crippen LogP contribution in [-0.2, 0) is 6.54 Å². The SMILES string of the molecule is Cc1ccc(NC(=S)Nc2ccn(Cc3ccc(Cl)c(Cl)c3)n2)c(C)c1.